The maximum Gasteiger partial charge on any atom is 0.0896 e. The Morgan fingerprint density at radius 1 is 1.19 bits per heavy atom. The van der Waals surface area contributed by atoms with E-state index < -0.39 is 0 Å². The molecule has 0 bridgehead atoms. The van der Waals surface area contributed by atoms with Gasteiger partial charge in [-0.1, -0.05) is 19.1 Å². The Kier molecular flexibility index (Phi) is 5.80. The fourth-order valence-corrected chi connectivity index (χ4v) is 3.19. The minimum absolute atomic E-state index is 0.233. The summed E-state index contributed by atoms with van der Waals surface area (Å²) in [6.07, 6.45) is 1.40. The summed E-state index contributed by atoms with van der Waals surface area (Å²) >= 11 is 0. The van der Waals surface area contributed by atoms with Gasteiger partial charge in [0.1, 0.15) is 0 Å². The summed E-state index contributed by atoms with van der Waals surface area (Å²) in [6, 6.07) is 5.01. The molecule has 0 radical (unpaired) electrons. The molecule has 21 heavy (non-hydrogen) atoms. The molecule has 2 rings (SSSR count). The van der Waals surface area contributed by atoms with Gasteiger partial charge in [-0.3, -0.25) is 4.90 Å². The monoisotopic (exact) mass is 290 g/mol. The number of morpholine rings is 1. The smallest absolute Gasteiger partial charge is 0.0896 e. The molecule has 0 spiro atoms. The highest BCUT2D eigenvalue weighted by Gasteiger charge is 2.32. The van der Waals surface area contributed by atoms with Crippen molar-refractivity contribution in [2.75, 3.05) is 33.3 Å². The highest BCUT2D eigenvalue weighted by molar-refractivity contribution is 5.39. The maximum atomic E-state index is 6.08. The van der Waals surface area contributed by atoms with Crippen LogP contribution in [0.2, 0.25) is 0 Å². The van der Waals surface area contributed by atoms with Gasteiger partial charge < -0.3 is 10.1 Å². The molecule has 3 heteroatoms. The van der Waals surface area contributed by atoms with E-state index in [4.69, 9.17) is 4.74 Å². The van der Waals surface area contributed by atoms with Crippen molar-refractivity contribution in [2.24, 2.45) is 0 Å². The lowest BCUT2D eigenvalue weighted by Crippen LogP contribution is -2.47. The normalized spacial score (nSPS) is 23.5. The molecule has 1 aliphatic heterocycles. The van der Waals surface area contributed by atoms with Gasteiger partial charge in [0.05, 0.1) is 18.8 Å². The third-order valence-corrected chi connectivity index (χ3v) is 4.58. The topological polar surface area (TPSA) is 24.5 Å². The fourth-order valence-electron chi connectivity index (χ4n) is 3.19. The van der Waals surface area contributed by atoms with Crippen LogP contribution in [0.4, 0.5) is 0 Å². The predicted molar refractivity (Wildman–Crippen MR) is 88.9 cm³/mol. The van der Waals surface area contributed by atoms with Crippen LogP contribution in [0.1, 0.15) is 41.6 Å². The summed E-state index contributed by atoms with van der Waals surface area (Å²) in [5.41, 5.74) is 5.54. The average molecular weight is 290 g/mol. The van der Waals surface area contributed by atoms with Crippen LogP contribution in [0, 0.1) is 20.8 Å². The molecular weight excluding hydrogens is 260 g/mol. The molecule has 1 aromatic rings. The van der Waals surface area contributed by atoms with Gasteiger partial charge in [0.25, 0.3) is 0 Å². The van der Waals surface area contributed by atoms with Crippen LogP contribution < -0.4 is 5.32 Å². The summed E-state index contributed by atoms with van der Waals surface area (Å²) in [5.74, 6) is 0. The third kappa shape index (κ3) is 3.85. The van der Waals surface area contributed by atoms with Crippen molar-refractivity contribution < 1.29 is 4.74 Å². The van der Waals surface area contributed by atoms with Crippen molar-refractivity contribution in [3.8, 4) is 0 Å². The molecule has 1 aromatic carbocycles. The Morgan fingerprint density at radius 3 is 2.62 bits per heavy atom. The van der Waals surface area contributed by atoms with Crippen LogP contribution in [0.5, 0.6) is 0 Å². The number of hydrogen-bond acceptors (Lipinski definition) is 3. The molecule has 1 heterocycles. The predicted octanol–water partition coefficient (Wildman–Crippen LogP) is 2.98. The summed E-state index contributed by atoms with van der Waals surface area (Å²) in [6.45, 7) is 12.6. The van der Waals surface area contributed by atoms with Gasteiger partial charge >= 0.3 is 0 Å². The summed E-state index contributed by atoms with van der Waals surface area (Å²) in [7, 11) is 2.22. The minimum Gasteiger partial charge on any atom is -0.374 e. The van der Waals surface area contributed by atoms with E-state index in [0.29, 0.717) is 6.04 Å². The first-order valence-corrected chi connectivity index (χ1v) is 8.15. The van der Waals surface area contributed by atoms with E-state index in [1.54, 1.807) is 0 Å². The zero-order valence-corrected chi connectivity index (χ0v) is 14.2. The van der Waals surface area contributed by atoms with Crippen LogP contribution in [0.3, 0.4) is 0 Å². The first-order valence-electron chi connectivity index (χ1n) is 8.15. The molecule has 0 aromatic heterocycles. The van der Waals surface area contributed by atoms with E-state index in [1.165, 1.54) is 22.3 Å². The third-order valence-electron chi connectivity index (χ3n) is 4.58. The lowest BCUT2D eigenvalue weighted by atomic mass is 9.91. The van der Waals surface area contributed by atoms with Gasteiger partial charge in [-0.2, -0.15) is 0 Å². The Hall–Kier alpha value is -0.900. The summed E-state index contributed by atoms with van der Waals surface area (Å²) < 4.78 is 6.08. The number of nitrogens with zero attached hydrogens (tertiary/aromatic N) is 1. The Bertz CT molecular complexity index is 473. The van der Waals surface area contributed by atoms with Gasteiger partial charge in [-0.05, 0) is 63.0 Å². The number of hydrogen-bond donors (Lipinski definition) is 1. The number of benzene rings is 1. The largest absolute Gasteiger partial charge is 0.374 e. The molecule has 1 fully saturated rings. The molecule has 0 saturated carbocycles. The molecule has 118 valence electrons. The van der Waals surface area contributed by atoms with Crippen molar-refractivity contribution in [1.82, 2.24) is 10.2 Å². The second kappa shape index (κ2) is 7.39. The van der Waals surface area contributed by atoms with E-state index in [0.717, 1.165) is 32.7 Å². The standard InChI is InChI=1S/C18H30N2O/c1-6-7-19-12-17-18(20(5)8-9-21-17)16-11-14(3)13(2)10-15(16)4/h10-11,17-19H,6-9,12H2,1-5H3. The van der Waals surface area contributed by atoms with E-state index in [-0.39, 0.29) is 6.10 Å². The minimum atomic E-state index is 0.233. The van der Waals surface area contributed by atoms with E-state index in [2.05, 4.69) is 57.1 Å². The van der Waals surface area contributed by atoms with Gasteiger partial charge in [-0.15, -0.1) is 0 Å². The maximum absolute atomic E-state index is 6.08. The molecule has 2 atom stereocenters. The van der Waals surface area contributed by atoms with Crippen LogP contribution in [0.15, 0.2) is 12.1 Å². The molecule has 3 nitrogen and oxygen atoms in total. The number of likely N-dealkylation sites (N-methyl/N-ethyl adjacent to an activating group) is 1. The van der Waals surface area contributed by atoms with Gasteiger partial charge in [-0.25, -0.2) is 0 Å². The fraction of sp³-hybridized carbons (Fsp3) is 0.667. The van der Waals surface area contributed by atoms with Crippen molar-refractivity contribution in [2.45, 2.75) is 46.3 Å². The van der Waals surface area contributed by atoms with Crippen LogP contribution in [-0.4, -0.2) is 44.3 Å². The van der Waals surface area contributed by atoms with Crippen molar-refractivity contribution >= 4 is 0 Å². The highest BCUT2D eigenvalue weighted by atomic mass is 16.5. The Morgan fingerprint density at radius 2 is 1.90 bits per heavy atom. The lowest BCUT2D eigenvalue weighted by molar-refractivity contribution is -0.0614. The number of rotatable bonds is 5. The first kappa shape index (κ1) is 16.5. The summed E-state index contributed by atoms with van der Waals surface area (Å²) in [4.78, 5) is 2.44. The number of nitrogens with one attached hydrogen (secondary N) is 1. The second-order valence-electron chi connectivity index (χ2n) is 6.33. The van der Waals surface area contributed by atoms with E-state index in [9.17, 15) is 0 Å². The first-order chi connectivity index (χ1) is 10.0. The van der Waals surface area contributed by atoms with Crippen LogP contribution in [-0.2, 0) is 4.74 Å². The molecule has 0 amide bonds. The van der Waals surface area contributed by atoms with Crippen LogP contribution in [0.25, 0.3) is 0 Å². The van der Waals surface area contributed by atoms with Crippen molar-refractivity contribution in [3.63, 3.8) is 0 Å². The van der Waals surface area contributed by atoms with E-state index >= 15 is 0 Å². The molecule has 0 aliphatic carbocycles. The van der Waals surface area contributed by atoms with Gasteiger partial charge in [0, 0.05) is 13.1 Å². The summed E-state index contributed by atoms with van der Waals surface area (Å²) in [5, 5.41) is 3.52. The quantitative estimate of drug-likeness (QED) is 0.844. The van der Waals surface area contributed by atoms with Crippen LogP contribution >= 0.6 is 0 Å². The van der Waals surface area contributed by atoms with E-state index in [1.807, 2.05) is 0 Å². The SMILES string of the molecule is CCCNCC1OCCN(C)C1c1cc(C)c(C)cc1C. The number of aryl methyl sites for hydroxylation is 3. The molecule has 1 N–H and O–H groups in total. The highest BCUT2D eigenvalue weighted by Crippen LogP contribution is 2.31. The zero-order chi connectivity index (χ0) is 15.4. The average Bonchev–Trinajstić information content (AvgIpc) is 2.44. The van der Waals surface area contributed by atoms with Gasteiger partial charge in [0.2, 0.25) is 0 Å². The molecule has 1 aliphatic rings. The zero-order valence-electron chi connectivity index (χ0n) is 14.2. The number of ether oxygens (including phenoxy) is 1. The Labute approximate surface area is 129 Å². The lowest BCUT2D eigenvalue weighted by Gasteiger charge is -2.40. The van der Waals surface area contributed by atoms with Gasteiger partial charge in [0.15, 0.2) is 0 Å². The molecule has 1 saturated heterocycles. The van der Waals surface area contributed by atoms with Crippen molar-refractivity contribution in [3.05, 3.63) is 34.4 Å². The molecular formula is C18H30N2O. The second-order valence-corrected chi connectivity index (χ2v) is 6.33. The Balaban J connectivity index is 2.25. The van der Waals surface area contributed by atoms with Crippen molar-refractivity contribution in [1.29, 1.82) is 0 Å². The molecule has 2 unspecified atom stereocenters.